The SMILES string of the molecule is C=C[C@H]1[C@H](O[C@@H]2O[C@H](CO)[C@@H](O)[C@H](O)[C@H]2OCNC)OC=C(C(=O)OC)[C@H]1/C=C/C1=CC(C(=O)O)=CN(CCO)C1. The molecule has 1 saturated heterocycles. The van der Waals surface area contributed by atoms with Gasteiger partial charge >= 0.3 is 11.9 Å². The molecule has 228 valence electrons. The van der Waals surface area contributed by atoms with E-state index >= 15 is 0 Å². The fraction of sp³-hybridized carbons (Fsp3) is 0.556. The summed E-state index contributed by atoms with van der Waals surface area (Å²) in [5.74, 6) is -3.23. The van der Waals surface area contributed by atoms with Crippen LogP contribution in [0.1, 0.15) is 0 Å². The third-order valence-corrected chi connectivity index (χ3v) is 6.82. The lowest BCUT2D eigenvalue weighted by atomic mass is 9.83. The minimum absolute atomic E-state index is 0.00912. The fourth-order valence-electron chi connectivity index (χ4n) is 4.73. The number of hydrogen-bond acceptors (Lipinski definition) is 13. The molecule has 0 saturated carbocycles. The first-order valence-corrected chi connectivity index (χ1v) is 13.0. The Bertz CT molecular complexity index is 1060. The van der Waals surface area contributed by atoms with Gasteiger partial charge < -0.3 is 54.1 Å². The van der Waals surface area contributed by atoms with Gasteiger partial charge in [0.05, 0.1) is 50.4 Å². The predicted molar refractivity (Wildman–Crippen MR) is 141 cm³/mol. The van der Waals surface area contributed by atoms with Crippen molar-refractivity contribution in [3.05, 3.63) is 60.1 Å². The molecule has 0 aromatic heterocycles. The minimum Gasteiger partial charge on any atom is -0.478 e. The number of carboxylic acid groups (broad SMARTS) is 1. The number of aliphatic hydroxyl groups is 4. The Labute approximate surface area is 237 Å². The van der Waals surface area contributed by atoms with Gasteiger partial charge in [0.1, 0.15) is 24.4 Å². The molecule has 0 aliphatic carbocycles. The normalized spacial score (nSPS) is 32.0. The second-order valence-corrected chi connectivity index (χ2v) is 9.54. The number of β-amino-alcohol motifs (C(OH)–C–C–N with tert-alkyl or cyclic N) is 1. The quantitative estimate of drug-likeness (QED) is 0.0842. The molecule has 0 spiro atoms. The molecule has 41 heavy (non-hydrogen) atoms. The molecular weight excluding hydrogens is 544 g/mol. The van der Waals surface area contributed by atoms with Gasteiger partial charge in [0.15, 0.2) is 6.29 Å². The van der Waals surface area contributed by atoms with Gasteiger partial charge in [-0.2, -0.15) is 0 Å². The lowest BCUT2D eigenvalue weighted by Crippen LogP contribution is -2.61. The summed E-state index contributed by atoms with van der Waals surface area (Å²) in [4.78, 5) is 25.9. The third-order valence-electron chi connectivity index (χ3n) is 6.82. The number of hydrogen-bond donors (Lipinski definition) is 6. The van der Waals surface area contributed by atoms with E-state index < -0.39 is 67.4 Å². The summed E-state index contributed by atoms with van der Waals surface area (Å²) in [6.45, 7) is 3.64. The number of aliphatic hydroxyl groups excluding tert-OH is 4. The number of carboxylic acids is 1. The van der Waals surface area contributed by atoms with E-state index in [9.17, 15) is 35.1 Å². The summed E-state index contributed by atoms with van der Waals surface area (Å²) in [6.07, 6.45) is 1.33. The highest BCUT2D eigenvalue weighted by atomic mass is 16.8. The third kappa shape index (κ3) is 7.81. The zero-order valence-electron chi connectivity index (χ0n) is 22.9. The highest BCUT2D eigenvalue weighted by Crippen LogP contribution is 2.36. The Balaban J connectivity index is 1.91. The summed E-state index contributed by atoms with van der Waals surface area (Å²) >= 11 is 0. The number of allylic oxidation sites excluding steroid dienone is 1. The topological polar surface area (TPSA) is 197 Å². The van der Waals surface area contributed by atoms with Crippen LogP contribution in [-0.2, 0) is 33.3 Å². The van der Waals surface area contributed by atoms with Crippen LogP contribution in [0, 0.1) is 11.8 Å². The van der Waals surface area contributed by atoms with Crippen LogP contribution in [-0.4, -0.2) is 127 Å². The molecule has 6 N–H and O–H groups in total. The molecule has 14 heteroatoms. The van der Waals surface area contributed by atoms with E-state index in [0.29, 0.717) is 12.1 Å². The standard InChI is InChI=1S/C27H38N2O12/c1-4-17-18(6-5-15-9-16(24(34)35)11-29(10-15)7-8-30)19(25(36)37-3)13-38-26(17)41-27-23(39-14-28-2)22(33)21(32)20(12-31)40-27/h4-6,9,11,13,17-18,20-23,26-28,30-33H,1,7-8,10,12,14H2,2-3H3,(H,34,35)/b6-5+/t17-,18+,20-,21-,22+,23-,26+,27+/m1/s1. The number of aliphatic carboxylic acids is 1. The largest absolute Gasteiger partial charge is 0.478 e. The van der Waals surface area contributed by atoms with Gasteiger partial charge in [-0.1, -0.05) is 18.2 Å². The van der Waals surface area contributed by atoms with E-state index in [-0.39, 0.29) is 31.0 Å². The molecule has 0 aromatic carbocycles. The second-order valence-electron chi connectivity index (χ2n) is 9.54. The second kappa shape index (κ2) is 15.2. The first kappa shape index (κ1) is 32.4. The molecule has 0 amide bonds. The van der Waals surface area contributed by atoms with Crippen LogP contribution >= 0.6 is 0 Å². The zero-order chi connectivity index (χ0) is 30.1. The highest BCUT2D eigenvalue weighted by molar-refractivity contribution is 5.90. The fourth-order valence-corrected chi connectivity index (χ4v) is 4.73. The molecule has 3 aliphatic heterocycles. The van der Waals surface area contributed by atoms with E-state index in [1.54, 1.807) is 24.1 Å². The summed E-state index contributed by atoms with van der Waals surface area (Å²) in [5, 5.41) is 52.2. The molecule has 0 radical (unpaired) electrons. The number of carbonyl (C=O) groups excluding carboxylic acids is 1. The average Bonchev–Trinajstić information content (AvgIpc) is 2.97. The van der Waals surface area contributed by atoms with Crippen molar-refractivity contribution in [1.82, 2.24) is 10.2 Å². The number of esters is 1. The molecule has 1 fully saturated rings. The highest BCUT2D eigenvalue weighted by Gasteiger charge is 2.48. The van der Waals surface area contributed by atoms with E-state index in [2.05, 4.69) is 11.9 Å². The Morgan fingerprint density at radius 1 is 1.24 bits per heavy atom. The van der Waals surface area contributed by atoms with Crippen LogP contribution in [0.5, 0.6) is 0 Å². The van der Waals surface area contributed by atoms with E-state index in [1.165, 1.54) is 31.7 Å². The van der Waals surface area contributed by atoms with E-state index in [4.69, 9.17) is 23.7 Å². The molecular formula is C27H38N2O12. The van der Waals surface area contributed by atoms with Crippen LogP contribution in [0.2, 0.25) is 0 Å². The average molecular weight is 583 g/mol. The maximum absolute atomic E-state index is 12.6. The summed E-state index contributed by atoms with van der Waals surface area (Å²) in [7, 11) is 2.84. The number of methoxy groups -OCH3 is 1. The number of carbonyl (C=O) groups is 2. The minimum atomic E-state index is -1.46. The summed E-state index contributed by atoms with van der Waals surface area (Å²) in [6, 6.07) is 0. The first-order chi connectivity index (χ1) is 19.7. The van der Waals surface area contributed by atoms with Crippen molar-refractivity contribution in [3.8, 4) is 0 Å². The van der Waals surface area contributed by atoms with Crippen LogP contribution in [0.3, 0.4) is 0 Å². The van der Waals surface area contributed by atoms with Crippen molar-refractivity contribution < 1.29 is 58.8 Å². The van der Waals surface area contributed by atoms with Gasteiger partial charge in [-0.3, -0.25) is 5.32 Å². The van der Waals surface area contributed by atoms with E-state index in [0.717, 1.165) is 0 Å². The van der Waals surface area contributed by atoms with Gasteiger partial charge in [-0.05, 0) is 18.7 Å². The lowest BCUT2D eigenvalue weighted by Gasteiger charge is -2.44. The molecule has 14 nitrogen and oxygen atoms in total. The van der Waals surface area contributed by atoms with E-state index in [1.807, 2.05) is 0 Å². The molecule has 3 rings (SSSR count). The van der Waals surface area contributed by atoms with Gasteiger partial charge in [0, 0.05) is 25.2 Å². The van der Waals surface area contributed by atoms with Crippen molar-refractivity contribution in [2.24, 2.45) is 11.8 Å². The molecule has 3 aliphatic rings. The van der Waals surface area contributed by atoms with Crippen molar-refractivity contribution in [2.45, 2.75) is 37.0 Å². The van der Waals surface area contributed by atoms with Gasteiger partial charge in [-0.15, -0.1) is 6.58 Å². The van der Waals surface area contributed by atoms with Crippen LogP contribution in [0.15, 0.2) is 60.1 Å². The predicted octanol–water partition coefficient (Wildman–Crippen LogP) is -1.41. The number of nitrogens with one attached hydrogen (secondary N) is 1. The molecule has 0 bridgehead atoms. The van der Waals surface area contributed by atoms with Crippen molar-refractivity contribution in [3.63, 3.8) is 0 Å². The van der Waals surface area contributed by atoms with Crippen molar-refractivity contribution in [2.75, 3.05) is 47.2 Å². The first-order valence-electron chi connectivity index (χ1n) is 13.0. The molecule has 3 heterocycles. The smallest absolute Gasteiger partial charge is 0.337 e. The number of rotatable bonds is 13. The summed E-state index contributed by atoms with van der Waals surface area (Å²) < 4.78 is 28.0. The Hall–Kier alpha value is -3.08. The van der Waals surface area contributed by atoms with Gasteiger partial charge in [-0.25, -0.2) is 9.59 Å². The Morgan fingerprint density at radius 2 is 2.00 bits per heavy atom. The molecule has 0 aromatic rings. The van der Waals surface area contributed by atoms with Crippen molar-refractivity contribution >= 4 is 11.9 Å². The number of nitrogens with zero attached hydrogens (tertiary/aromatic N) is 1. The Kier molecular flexibility index (Phi) is 12.1. The molecule has 0 unspecified atom stereocenters. The zero-order valence-corrected chi connectivity index (χ0v) is 22.9. The van der Waals surface area contributed by atoms with Gasteiger partial charge in [0.2, 0.25) is 6.29 Å². The lowest BCUT2D eigenvalue weighted by molar-refractivity contribution is -0.345. The van der Waals surface area contributed by atoms with Gasteiger partial charge in [0.25, 0.3) is 0 Å². The maximum Gasteiger partial charge on any atom is 0.337 e. The number of ether oxygens (including phenoxy) is 5. The monoisotopic (exact) mass is 582 g/mol. The Morgan fingerprint density at radius 3 is 2.61 bits per heavy atom. The van der Waals surface area contributed by atoms with Crippen LogP contribution in [0.4, 0.5) is 0 Å². The molecule has 8 atom stereocenters. The van der Waals surface area contributed by atoms with Crippen LogP contribution in [0.25, 0.3) is 0 Å². The maximum atomic E-state index is 12.6. The van der Waals surface area contributed by atoms with Crippen LogP contribution < -0.4 is 5.32 Å². The van der Waals surface area contributed by atoms with Crippen molar-refractivity contribution in [1.29, 1.82) is 0 Å². The summed E-state index contributed by atoms with van der Waals surface area (Å²) in [5.41, 5.74) is 0.776.